The summed E-state index contributed by atoms with van der Waals surface area (Å²) >= 11 is 8.32. The molecule has 0 radical (unpaired) electrons. The second-order valence-electron chi connectivity index (χ2n) is 0.834. The molecule has 0 bridgehead atoms. The number of rotatable bonds is 2. The van der Waals surface area contributed by atoms with Crippen LogP contribution in [-0.4, -0.2) is 10.8 Å². The third kappa shape index (κ3) is 4.22. The molecule has 0 heterocycles. The minimum Gasteiger partial charge on any atom is -0.179 e. The second-order valence-corrected chi connectivity index (χ2v) is 1.52. The van der Waals surface area contributed by atoms with Crippen LogP contribution in [0.25, 0.3) is 0 Å². The summed E-state index contributed by atoms with van der Waals surface area (Å²) in [7, 11) is 0. The molecule has 0 unspecified atom stereocenters. The van der Waals surface area contributed by atoms with Crippen molar-refractivity contribution in [1.82, 2.24) is 0 Å². The topological polar surface area (TPSA) is 0 Å². The molecule has 6 heavy (non-hydrogen) atoms. The van der Waals surface area contributed by atoms with Crippen LogP contribution in [0.4, 0.5) is 0 Å². The molecule has 2 heteroatoms. The normalized spacial score (nSPS) is 6.83. The molecule has 0 saturated carbocycles. The molecule has 0 aliphatic carbocycles. The van der Waals surface area contributed by atoms with Crippen LogP contribution in [0.5, 0.6) is 0 Å². The Morgan fingerprint density at radius 1 is 1.83 bits per heavy atom. The molecule has 0 aromatic heterocycles. The zero-order valence-electron chi connectivity index (χ0n) is 3.35. The summed E-state index contributed by atoms with van der Waals surface area (Å²) in [5.41, 5.74) is 0. The Morgan fingerprint density at radius 3 is 2.67 bits per heavy atom. The lowest BCUT2D eigenvalue weighted by Gasteiger charge is -1.72. The first-order valence-corrected chi connectivity index (χ1v) is 2.76. The van der Waals surface area contributed by atoms with Crippen LogP contribution in [0, 0.1) is 0 Å². The van der Waals surface area contributed by atoms with Crippen molar-refractivity contribution in [1.29, 1.82) is 0 Å². The van der Waals surface area contributed by atoms with E-state index < -0.39 is 0 Å². The molecule has 0 N–H and O–H groups in total. The fraction of sp³-hybridized carbons (Fsp3) is 0.500. The second kappa shape index (κ2) is 5.22. The predicted molar refractivity (Wildman–Crippen MR) is 35.6 cm³/mol. The van der Waals surface area contributed by atoms with E-state index in [2.05, 4.69) is 29.9 Å². The Hall–Kier alpha value is 0.220. The van der Waals surface area contributed by atoms with Crippen molar-refractivity contribution in [2.45, 2.75) is 6.42 Å². The lowest BCUT2D eigenvalue weighted by Crippen LogP contribution is -1.62. The molecule has 0 spiro atoms. The molecule has 0 aromatic carbocycles. The van der Waals surface area contributed by atoms with Crippen LogP contribution in [0.3, 0.4) is 0 Å². The SMILES string of the molecule is S=C=CCCS. The van der Waals surface area contributed by atoms with E-state index in [1.165, 1.54) is 0 Å². The Balaban J connectivity index is 2.86. The summed E-state index contributed by atoms with van der Waals surface area (Å²) in [5.74, 6) is 0.865. The number of hydrogen-bond donors (Lipinski definition) is 1. The molecular weight excluding hydrogens is 112 g/mol. The highest BCUT2D eigenvalue weighted by atomic mass is 32.1. The van der Waals surface area contributed by atoms with E-state index in [0.717, 1.165) is 12.2 Å². The fourth-order valence-electron chi connectivity index (χ4n) is 0.123. The Kier molecular flexibility index (Phi) is 5.41. The average molecular weight is 118 g/mol. The standard InChI is InChI=1S/C4H6S2/c5-3-1-2-4-6/h1,6H,2,4H2. The third-order valence-electron chi connectivity index (χ3n) is 0.357. The van der Waals surface area contributed by atoms with E-state index in [1.807, 2.05) is 0 Å². The van der Waals surface area contributed by atoms with Gasteiger partial charge in [0.05, 0.1) is 0 Å². The van der Waals surface area contributed by atoms with Gasteiger partial charge in [-0.05, 0) is 30.5 Å². The molecule has 0 amide bonds. The van der Waals surface area contributed by atoms with Gasteiger partial charge in [0.15, 0.2) is 0 Å². The summed E-state index contributed by atoms with van der Waals surface area (Å²) in [5, 5.41) is 2.48. The smallest absolute Gasteiger partial charge is 0.00569 e. The molecule has 0 saturated heterocycles. The van der Waals surface area contributed by atoms with Gasteiger partial charge >= 0.3 is 0 Å². The number of allylic oxidation sites excluding steroid dienone is 1. The molecule has 0 nitrogen and oxygen atoms in total. The number of thiol groups is 1. The van der Waals surface area contributed by atoms with Gasteiger partial charge in [-0.1, -0.05) is 5.02 Å². The van der Waals surface area contributed by atoms with Gasteiger partial charge in [-0.15, -0.1) is 0 Å². The van der Waals surface area contributed by atoms with Crippen molar-refractivity contribution in [2.24, 2.45) is 0 Å². The van der Waals surface area contributed by atoms with Gasteiger partial charge < -0.3 is 0 Å². The monoisotopic (exact) mass is 118 g/mol. The van der Waals surface area contributed by atoms with Gasteiger partial charge in [0.25, 0.3) is 0 Å². The van der Waals surface area contributed by atoms with Gasteiger partial charge in [-0.25, -0.2) is 0 Å². The van der Waals surface area contributed by atoms with Crippen molar-refractivity contribution in [3.05, 3.63) is 6.08 Å². The van der Waals surface area contributed by atoms with Crippen LogP contribution >= 0.6 is 24.8 Å². The maximum Gasteiger partial charge on any atom is -0.00569 e. The lowest BCUT2D eigenvalue weighted by molar-refractivity contribution is 1.27. The van der Waals surface area contributed by atoms with Gasteiger partial charge in [-0.2, -0.15) is 12.6 Å². The zero-order chi connectivity index (χ0) is 4.83. The van der Waals surface area contributed by atoms with Crippen molar-refractivity contribution in [2.75, 3.05) is 5.75 Å². The Morgan fingerprint density at radius 2 is 2.50 bits per heavy atom. The maximum atomic E-state index is 4.38. The van der Waals surface area contributed by atoms with Crippen molar-refractivity contribution < 1.29 is 0 Å². The number of thiocarbonyl (C=S) groups is 1. The molecule has 34 valence electrons. The molecule has 0 aliphatic rings. The lowest BCUT2D eigenvalue weighted by atomic mass is 10.5. The quantitative estimate of drug-likeness (QED) is 0.423. The zero-order valence-corrected chi connectivity index (χ0v) is 5.06. The first kappa shape index (κ1) is 6.22. The Bertz CT molecular complexity index is 61.9. The van der Waals surface area contributed by atoms with E-state index in [0.29, 0.717) is 0 Å². The van der Waals surface area contributed by atoms with Crippen LogP contribution in [-0.2, 0) is 0 Å². The van der Waals surface area contributed by atoms with Gasteiger partial charge in [0.1, 0.15) is 0 Å². The highest BCUT2D eigenvalue weighted by Crippen LogP contribution is 1.79. The summed E-state index contributed by atoms with van der Waals surface area (Å²) in [4.78, 5) is 0. The molecule has 0 rings (SSSR count). The van der Waals surface area contributed by atoms with E-state index in [1.54, 1.807) is 6.08 Å². The van der Waals surface area contributed by atoms with Crippen LogP contribution in [0.1, 0.15) is 6.42 Å². The molecule has 0 fully saturated rings. The Labute approximate surface area is 48.7 Å². The molecular formula is C4H6S2. The molecule has 0 aliphatic heterocycles. The van der Waals surface area contributed by atoms with Gasteiger partial charge in [0.2, 0.25) is 0 Å². The van der Waals surface area contributed by atoms with E-state index >= 15 is 0 Å². The maximum absolute atomic E-state index is 4.38. The summed E-state index contributed by atoms with van der Waals surface area (Å²) in [6.07, 6.45) is 2.73. The van der Waals surface area contributed by atoms with Crippen molar-refractivity contribution >= 4 is 29.9 Å². The third-order valence-corrected chi connectivity index (χ3v) is 0.782. The average Bonchev–Trinajstić information content (AvgIpc) is 1.61. The summed E-state index contributed by atoms with van der Waals surface area (Å²) in [6, 6.07) is 0. The van der Waals surface area contributed by atoms with E-state index in [-0.39, 0.29) is 0 Å². The van der Waals surface area contributed by atoms with Crippen LogP contribution in [0.15, 0.2) is 6.08 Å². The minimum absolute atomic E-state index is 0.865. The van der Waals surface area contributed by atoms with Crippen molar-refractivity contribution in [3.63, 3.8) is 0 Å². The van der Waals surface area contributed by atoms with E-state index in [4.69, 9.17) is 0 Å². The van der Waals surface area contributed by atoms with Crippen molar-refractivity contribution in [3.8, 4) is 0 Å². The fourth-order valence-corrected chi connectivity index (χ4v) is 0.370. The summed E-state index contributed by atoms with van der Waals surface area (Å²) in [6.45, 7) is 0. The number of hydrogen-bond acceptors (Lipinski definition) is 2. The first-order valence-electron chi connectivity index (χ1n) is 1.72. The first-order chi connectivity index (χ1) is 2.91. The molecule has 0 atom stereocenters. The predicted octanol–water partition coefficient (Wildman–Crippen LogP) is 1.46. The van der Waals surface area contributed by atoms with Gasteiger partial charge in [-0.3, -0.25) is 0 Å². The highest BCUT2D eigenvalue weighted by molar-refractivity contribution is 7.80. The largest absolute Gasteiger partial charge is 0.179 e. The highest BCUT2D eigenvalue weighted by Gasteiger charge is 1.65. The van der Waals surface area contributed by atoms with Crippen LogP contribution < -0.4 is 0 Å². The van der Waals surface area contributed by atoms with Gasteiger partial charge in [0, 0.05) is 0 Å². The van der Waals surface area contributed by atoms with E-state index in [9.17, 15) is 0 Å². The van der Waals surface area contributed by atoms with Crippen LogP contribution in [0.2, 0.25) is 0 Å². The molecule has 0 aromatic rings. The minimum atomic E-state index is 0.865. The summed E-state index contributed by atoms with van der Waals surface area (Å²) < 4.78 is 0.